The largest absolute Gasteiger partial charge is 0.484 e. The van der Waals surface area contributed by atoms with Crippen molar-refractivity contribution in [2.24, 2.45) is 5.92 Å². The van der Waals surface area contributed by atoms with Gasteiger partial charge in [0.1, 0.15) is 5.75 Å². The van der Waals surface area contributed by atoms with Crippen molar-refractivity contribution in [1.29, 1.82) is 0 Å². The molecule has 1 aromatic carbocycles. The minimum atomic E-state index is -0.181. The molecule has 3 aliphatic rings. The zero-order chi connectivity index (χ0) is 19.8. The summed E-state index contributed by atoms with van der Waals surface area (Å²) in [5.74, 6) is 0.781. The van der Waals surface area contributed by atoms with Crippen LogP contribution in [-0.2, 0) is 9.59 Å². The van der Waals surface area contributed by atoms with Crippen molar-refractivity contribution in [2.45, 2.75) is 50.2 Å². The van der Waals surface area contributed by atoms with Gasteiger partial charge >= 0.3 is 0 Å². The van der Waals surface area contributed by atoms with Gasteiger partial charge in [0.05, 0.1) is 6.04 Å². The molecule has 3 aliphatic carbocycles. The van der Waals surface area contributed by atoms with E-state index in [1.165, 1.54) is 0 Å². The van der Waals surface area contributed by atoms with Crippen LogP contribution < -0.4 is 15.4 Å². The van der Waals surface area contributed by atoms with Crippen LogP contribution in [0.2, 0.25) is 5.02 Å². The van der Waals surface area contributed by atoms with Crippen molar-refractivity contribution in [3.05, 3.63) is 29.3 Å². The predicted molar refractivity (Wildman–Crippen MR) is 105 cm³/mol. The lowest BCUT2D eigenvalue weighted by Crippen LogP contribution is -2.84. The number of nitrogens with zero attached hydrogens (tertiary/aromatic N) is 1. The van der Waals surface area contributed by atoms with Crippen molar-refractivity contribution >= 4 is 23.4 Å². The summed E-state index contributed by atoms with van der Waals surface area (Å²) in [6.07, 6.45) is 2.37. The number of benzene rings is 1. The van der Waals surface area contributed by atoms with Gasteiger partial charge in [-0.3, -0.25) is 14.5 Å². The number of carbonyl (C=O) groups is 2. The number of hydrogen-bond donors (Lipinski definition) is 2. The van der Waals surface area contributed by atoms with E-state index >= 15 is 0 Å². The van der Waals surface area contributed by atoms with E-state index in [4.69, 9.17) is 16.3 Å². The Morgan fingerprint density at radius 2 is 1.67 bits per heavy atom. The van der Waals surface area contributed by atoms with Crippen LogP contribution in [-0.4, -0.2) is 54.5 Å². The van der Waals surface area contributed by atoms with E-state index in [2.05, 4.69) is 24.5 Å². The Labute approximate surface area is 165 Å². The van der Waals surface area contributed by atoms with Crippen molar-refractivity contribution in [3.8, 4) is 5.75 Å². The van der Waals surface area contributed by atoms with Gasteiger partial charge in [-0.1, -0.05) is 25.4 Å². The van der Waals surface area contributed by atoms with E-state index in [0.717, 1.165) is 19.3 Å². The number of likely N-dealkylation sites (N-methyl/N-ethyl adjacent to an activating group) is 1. The van der Waals surface area contributed by atoms with Crippen LogP contribution in [0.4, 0.5) is 0 Å². The number of halogens is 1. The van der Waals surface area contributed by atoms with Crippen molar-refractivity contribution < 1.29 is 14.3 Å². The molecule has 0 spiro atoms. The Morgan fingerprint density at radius 1 is 1.11 bits per heavy atom. The fourth-order valence-electron chi connectivity index (χ4n) is 4.53. The third-order valence-electron chi connectivity index (χ3n) is 5.46. The maximum atomic E-state index is 12.6. The lowest BCUT2D eigenvalue weighted by molar-refractivity contribution is -0.153. The molecule has 2 bridgehead atoms. The molecule has 2 N–H and O–H groups in total. The number of ether oxygens (including phenoxy) is 1. The first-order valence-corrected chi connectivity index (χ1v) is 9.69. The third-order valence-corrected chi connectivity index (χ3v) is 5.72. The lowest BCUT2D eigenvalue weighted by atomic mass is 9.44. The number of nitrogens with one attached hydrogen (secondary N) is 2. The molecule has 0 unspecified atom stereocenters. The van der Waals surface area contributed by atoms with Crippen LogP contribution in [0.3, 0.4) is 0 Å². The molecule has 2 amide bonds. The average molecular weight is 394 g/mol. The number of rotatable bonds is 8. The summed E-state index contributed by atoms with van der Waals surface area (Å²) in [6.45, 7) is 4.07. The molecule has 0 radical (unpaired) electrons. The molecule has 6 nitrogen and oxygen atoms in total. The normalized spacial score (nSPS) is 26.8. The second kappa shape index (κ2) is 7.32. The minimum Gasteiger partial charge on any atom is -0.484 e. The zero-order valence-electron chi connectivity index (χ0n) is 16.3. The van der Waals surface area contributed by atoms with Gasteiger partial charge in [-0.2, -0.15) is 0 Å². The van der Waals surface area contributed by atoms with Gasteiger partial charge in [0.15, 0.2) is 6.61 Å². The molecule has 0 aromatic heterocycles. The number of hydrogen-bond acceptors (Lipinski definition) is 4. The van der Waals surface area contributed by atoms with Gasteiger partial charge in [0.2, 0.25) is 5.91 Å². The van der Waals surface area contributed by atoms with Crippen molar-refractivity contribution in [2.75, 3.05) is 20.7 Å². The standard InChI is InChI=1S/C20H28ClN3O3/c1-13(2)17(24(3)4)18(26)23-20-10-19(11-20,12-20)22-16(25)9-27-15-7-5-14(21)6-8-15/h5-8,13,17H,9-12H2,1-4H3,(H,22,25)(H,23,26)/t17-,19?,20?/m0/s1. The zero-order valence-corrected chi connectivity index (χ0v) is 17.1. The Bertz CT molecular complexity index is 690. The summed E-state index contributed by atoms with van der Waals surface area (Å²) in [4.78, 5) is 26.7. The van der Waals surface area contributed by atoms with Crippen LogP contribution in [0, 0.1) is 5.92 Å². The molecule has 7 heteroatoms. The maximum Gasteiger partial charge on any atom is 0.258 e. The topological polar surface area (TPSA) is 70.7 Å². The van der Waals surface area contributed by atoms with E-state index in [1.54, 1.807) is 24.3 Å². The Kier molecular flexibility index (Phi) is 5.41. The molecule has 27 heavy (non-hydrogen) atoms. The fourth-order valence-corrected chi connectivity index (χ4v) is 4.66. The molecule has 1 atom stereocenters. The second-order valence-electron chi connectivity index (χ2n) is 8.52. The first-order valence-electron chi connectivity index (χ1n) is 9.32. The van der Waals surface area contributed by atoms with E-state index in [9.17, 15) is 9.59 Å². The summed E-state index contributed by atoms with van der Waals surface area (Å²) in [5.41, 5.74) is -0.330. The van der Waals surface area contributed by atoms with Gasteiger partial charge in [-0.15, -0.1) is 0 Å². The van der Waals surface area contributed by atoms with Crippen LogP contribution in [0.15, 0.2) is 24.3 Å². The van der Waals surface area contributed by atoms with Gasteiger partial charge in [-0.25, -0.2) is 0 Å². The highest BCUT2D eigenvalue weighted by Gasteiger charge is 2.69. The van der Waals surface area contributed by atoms with Gasteiger partial charge in [0, 0.05) is 16.1 Å². The molecule has 0 aliphatic heterocycles. The highest BCUT2D eigenvalue weighted by atomic mass is 35.5. The summed E-state index contributed by atoms with van der Waals surface area (Å²) >= 11 is 5.83. The quantitative estimate of drug-likeness (QED) is 0.710. The molecule has 0 saturated heterocycles. The second-order valence-corrected chi connectivity index (χ2v) is 8.96. The monoisotopic (exact) mass is 393 g/mol. The average Bonchev–Trinajstić information content (AvgIpc) is 2.50. The SMILES string of the molecule is CC(C)[C@@H](C(=O)NC12CC(NC(=O)COc3ccc(Cl)cc3)(C1)C2)N(C)C. The van der Waals surface area contributed by atoms with Gasteiger partial charge < -0.3 is 15.4 Å². The Morgan fingerprint density at radius 3 is 2.19 bits per heavy atom. The first kappa shape index (κ1) is 20.0. The number of carbonyl (C=O) groups excluding carboxylic acids is 2. The Balaban J connectivity index is 1.43. The maximum absolute atomic E-state index is 12.6. The molecule has 148 valence electrons. The molecule has 3 fully saturated rings. The molecular weight excluding hydrogens is 366 g/mol. The summed E-state index contributed by atoms with van der Waals surface area (Å²) in [5, 5.41) is 6.90. The first-order chi connectivity index (χ1) is 12.6. The van der Waals surface area contributed by atoms with Crippen LogP contribution >= 0.6 is 11.6 Å². The number of amides is 2. The van der Waals surface area contributed by atoms with Crippen molar-refractivity contribution in [1.82, 2.24) is 15.5 Å². The Hall–Kier alpha value is -1.79. The summed E-state index contributed by atoms with van der Waals surface area (Å²) in [7, 11) is 3.85. The fraction of sp³-hybridized carbons (Fsp3) is 0.600. The van der Waals surface area contributed by atoms with Gasteiger partial charge in [-0.05, 0) is 63.5 Å². The molecule has 0 heterocycles. The smallest absolute Gasteiger partial charge is 0.258 e. The van der Waals surface area contributed by atoms with Crippen molar-refractivity contribution in [3.63, 3.8) is 0 Å². The van der Waals surface area contributed by atoms with Crippen LogP contribution in [0.1, 0.15) is 33.1 Å². The molecule has 1 aromatic rings. The van der Waals surface area contributed by atoms with E-state index in [0.29, 0.717) is 10.8 Å². The highest BCUT2D eigenvalue weighted by molar-refractivity contribution is 6.30. The highest BCUT2D eigenvalue weighted by Crippen LogP contribution is 2.60. The van der Waals surface area contributed by atoms with Gasteiger partial charge in [0.25, 0.3) is 5.91 Å². The summed E-state index contributed by atoms with van der Waals surface area (Å²) < 4.78 is 5.48. The third kappa shape index (κ3) is 4.22. The lowest BCUT2D eigenvalue weighted by Gasteiger charge is -2.70. The minimum absolute atomic E-state index is 0.0290. The molecule has 3 saturated carbocycles. The summed E-state index contributed by atoms with van der Waals surface area (Å²) in [6, 6.07) is 6.77. The van der Waals surface area contributed by atoms with E-state index in [1.807, 2.05) is 19.0 Å². The van der Waals surface area contributed by atoms with E-state index < -0.39 is 0 Å². The van der Waals surface area contributed by atoms with Crippen LogP contribution in [0.5, 0.6) is 5.75 Å². The van der Waals surface area contributed by atoms with Crippen LogP contribution in [0.25, 0.3) is 0 Å². The molecular formula is C20H28ClN3O3. The predicted octanol–water partition coefficient (Wildman–Crippen LogP) is 2.21. The van der Waals surface area contributed by atoms with E-state index in [-0.39, 0.29) is 41.5 Å². The molecule has 4 rings (SSSR count).